The second-order valence-electron chi connectivity index (χ2n) is 5.08. The predicted octanol–water partition coefficient (Wildman–Crippen LogP) is 2.41. The number of hydrogen-bond donors (Lipinski definition) is 1. The van der Waals surface area contributed by atoms with E-state index in [1.165, 1.54) is 6.42 Å². The molecule has 0 aromatic heterocycles. The number of sulfonamides is 1. The van der Waals surface area contributed by atoms with E-state index in [-0.39, 0.29) is 5.25 Å². The average Bonchev–Trinajstić information content (AvgIpc) is 2.85. The summed E-state index contributed by atoms with van der Waals surface area (Å²) in [6.07, 6.45) is 7.26. The fourth-order valence-corrected chi connectivity index (χ4v) is 5.20. The van der Waals surface area contributed by atoms with Crippen LogP contribution in [-0.2, 0) is 10.0 Å². The molecule has 1 N–H and O–H groups in total. The quantitative estimate of drug-likeness (QED) is 0.811. The summed E-state index contributed by atoms with van der Waals surface area (Å²) in [6, 6.07) is 0. The summed E-state index contributed by atoms with van der Waals surface area (Å²) < 4.78 is 26.7. The Kier molecular flexibility index (Phi) is 4.30. The van der Waals surface area contributed by atoms with Crippen molar-refractivity contribution in [1.29, 1.82) is 0 Å². The van der Waals surface area contributed by atoms with Crippen LogP contribution in [0.15, 0.2) is 0 Å². The van der Waals surface area contributed by atoms with Gasteiger partial charge in [0, 0.05) is 11.4 Å². The Balaban J connectivity index is 1.80. The first-order valence-electron chi connectivity index (χ1n) is 6.20. The summed E-state index contributed by atoms with van der Waals surface area (Å²) >= 11 is 3.59. The van der Waals surface area contributed by atoms with Crippen LogP contribution >= 0.6 is 15.9 Å². The highest BCUT2D eigenvalue weighted by atomic mass is 79.9. The van der Waals surface area contributed by atoms with Gasteiger partial charge in [-0.15, -0.1) is 0 Å². The minimum absolute atomic E-state index is 0.117. The average molecular weight is 310 g/mol. The lowest BCUT2D eigenvalue weighted by Crippen LogP contribution is -2.35. The van der Waals surface area contributed by atoms with Crippen molar-refractivity contribution in [1.82, 2.24) is 4.72 Å². The van der Waals surface area contributed by atoms with Crippen LogP contribution in [-0.4, -0.2) is 25.0 Å². The number of nitrogens with one attached hydrogen (secondary N) is 1. The van der Waals surface area contributed by atoms with E-state index >= 15 is 0 Å². The highest BCUT2D eigenvalue weighted by Crippen LogP contribution is 2.30. The molecule has 0 aromatic rings. The zero-order chi connectivity index (χ0) is 11.6. The van der Waals surface area contributed by atoms with E-state index in [0.717, 1.165) is 38.5 Å². The van der Waals surface area contributed by atoms with E-state index in [2.05, 4.69) is 20.7 Å². The zero-order valence-electron chi connectivity index (χ0n) is 9.49. The molecule has 2 rings (SSSR count). The van der Waals surface area contributed by atoms with Crippen molar-refractivity contribution in [3.8, 4) is 0 Å². The van der Waals surface area contributed by atoms with Crippen LogP contribution in [0.4, 0.5) is 0 Å². The van der Waals surface area contributed by atoms with Gasteiger partial charge in [0.05, 0.1) is 5.25 Å². The molecule has 94 valence electrons. The summed E-state index contributed by atoms with van der Waals surface area (Å²) in [4.78, 5) is 0.591. The highest BCUT2D eigenvalue weighted by molar-refractivity contribution is 9.09. The molecular weight excluding hydrogens is 290 g/mol. The lowest BCUT2D eigenvalue weighted by Gasteiger charge is -2.15. The van der Waals surface area contributed by atoms with Crippen LogP contribution in [0.2, 0.25) is 0 Å². The first-order valence-corrected chi connectivity index (χ1v) is 8.66. The maximum Gasteiger partial charge on any atom is 0.214 e. The maximum absolute atomic E-state index is 11.9. The molecule has 0 spiro atoms. The van der Waals surface area contributed by atoms with Crippen molar-refractivity contribution in [3.63, 3.8) is 0 Å². The molecule has 5 heteroatoms. The standard InChI is InChI=1S/C11H20BrNO2S/c12-10-6-5-9(7-10)8-13-16(14,15)11-3-1-2-4-11/h9-11,13H,1-8H2. The smallest absolute Gasteiger partial charge is 0.214 e. The fraction of sp³-hybridized carbons (Fsp3) is 1.00. The third-order valence-corrected chi connectivity index (χ3v) is 6.54. The molecule has 0 bridgehead atoms. The van der Waals surface area contributed by atoms with Crippen molar-refractivity contribution in [3.05, 3.63) is 0 Å². The minimum Gasteiger partial charge on any atom is -0.215 e. The van der Waals surface area contributed by atoms with Crippen LogP contribution in [0.5, 0.6) is 0 Å². The topological polar surface area (TPSA) is 46.2 Å². The number of rotatable bonds is 4. The van der Waals surface area contributed by atoms with Crippen molar-refractivity contribution in [2.24, 2.45) is 5.92 Å². The van der Waals surface area contributed by atoms with Gasteiger partial charge in [0.25, 0.3) is 0 Å². The molecule has 0 aliphatic heterocycles. The van der Waals surface area contributed by atoms with Gasteiger partial charge in [-0.05, 0) is 38.0 Å². The zero-order valence-corrected chi connectivity index (χ0v) is 11.9. The summed E-state index contributed by atoms with van der Waals surface area (Å²) in [5.41, 5.74) is 0. The van der Waals surface area contributed by atoms with Crippen LogP contribution in [0, 0.1) is 5.92 Å². The van der Waals surface area contributed by atoms with Crippen LogP contribution < -0.4 is 4.72 Å². The first-order chi connectivity index (χ1) is 7.58. The van der Waals surface area contributed by atoms with Crippen molar-refractivity contribution in [2.75, 3.05) is 6.54 Å². The second-order valence-corrected chi connectivity index (χ2v) is 8.42. The molecule has 16 heavy (non-hydrogen) atoms. The first kappa shape index (κ1) is 12.8. The molecule has 2 saturated carbocycles. The molecule has 2 fully saturated rings. The Morgan fingerprint density at radius 1 is 1.12 bits per heavy atom. The molecule has 0 heterocycles. The Bertz CT molecular complexity index is 325. The summed E-state index contributed by atoms with van der Waals surface area (Å²) in [5.74, 6) is 0.528. The van der Waals surface area contributed by atoms with E-state index in [1.807, 2.05) is 0 Å². The lowest BCUT2D eigenvalue weighted by molar-refractivity contribution is 0.513. The lowest BCUT2D eigenvalue weighted by atomic mass is 10.1. The third kappa shape index (κ3) is 3.20. The van der Waals surface area contributed by atoms with E-state index < -0.39 is 10.0 Å². The SMILES string of the molecule is O=S(=O)(NCC1CCC(Br)C1)C1CCCC1. The van der Waals surface area contributed by atoms with Crippen LogP contribution in [0.3, 0.4) is 0 Å². The molecule has 2 aliphatic rings. The molecule has 2 aliphatic carbocycles. The van der Waals surface area contributed by atoms with Gasteiger partial charge in [-0.3, -0.25) is 0 Å². The Morgan fingerprint density at radius 3 is 2.38 bits per heavy atom. The molecule has 0 saturated heterocycles. The predicted molar refractivity (Wildman–Crippen MR) is 69.2 cm³/mol. The fourth-order valence-electron chi connectivity index (χ4n) is 2.75. The van der Waals surface area contributed by atoms with Crippen molar-refractivity contribution < 1.29 is 8.42 Å². The van der Waals surface area contributed by atoms with Crippen LogP contribution in [0.25, 0.3) is 0 Å². The van der Waals surface area contributed by atoms with Gasteiger partial charge in [0.1, 0.15) is 0 Å². The maximum atomic E-state index is 11.9. The Hall–Kier alpha value is 0.390. The number of halogens is 1. The number of alkyl halides is 1. The molecule has 0 amide bonds. The van der Waals surface area contributed by atoms with Crippen LogP contribution in [0.1, 0.15) is 44.9 Å². The second kappa shape index (κ2) is 5.36. The largest absolute Gasteiger partial charge is 0.215 e. The molecule has 3 nitrogen and oxygen atoms in total. The minimum atomic E-state index is -3.03. The van der Waals surface area contributed by atoms with Crippen molar-refractivity contribution >= 4 is 26.0 Å². The van der Waals surface area contributed by atoms with E-state index in [1.54, 1.807) is 0 Å². The number of hydrogen-bond acceptors (Lipinski definition) is 2. The molecule has 0 radical (unpaired) electrons. The Labute approximate surface area is 107 Å². The van der Waals surface area contributed by atoms with Gasteiger partial charge in [-0.25, -0.2) is 13.1 Å². The van der Waals surface area contributed by atoms with Gasteiger partial charge >= 0.3 is 0 Å². The highest BCUT2D eigenvalue weighted by Gasteiger charge is 2.30. The van der Waals surface area contributed by atoms with Crippen molar-refractivity contribution in [2.45, 2.75) is 55.0 Å². The molecular formula is C11H20BrNO2S. The molecule has 2 unspecified atom stereocenters. The van der Waals surface area contributed by atoms with Gasteiger partial charge in [0.15, 0.2) is 0 Å². The van der Waals surface area contributed by atoms with Gasteiger partial charge < -0.3 is 0 Å². The normalized spacial score (nSPS) is 32.3. The van der Waals surface area contributed by atoms with E-state index in [0.29, 0.717) is 17.3 Å². The molecule has 2 atom stereocenters. The summed E-state index contributed by atoms with van der Waals surface area (Å²) in [5, 5.41) is -0.117. The van der Waals surface area contributed by atoms with Gasteiger partial charge in [-0.2, -0.15) is 0 Å². The molecule has 0 aromatic carbocycles. The van der Waals surface area contributed by atoms with E-state index in [9.17, 15) is 8.42 Å². The third-order valence-electron chi connectivity index (χ3n) is 3.79. The summed E-state index contributed by atoms with van der Waals surface area (Å²) in [6.45, 7) is 0.640. The van der Waals surface area contributed by atoms with Gasteiger partial charge in [-0.1, -0.05) is 28.8 Å². The Morgan fingerprint density at radius 2 is 1.81 bits per heavy atom. The van der Waals surface area contributed by atoms with E-state index in [4.69, 9.17) is 0 Å². The summed E-state index contributed by atoms with van der Waals surface area (Å²) in [7, 11) is -3.03. The monoisotopic (exact) mass is 309 g/mol. The van der Waals surface area contributed by atoms with Gasteiger partial charge in [0.2, 0.25) is 10.0 Å².